The molecule has 1 aromatic carbocycles. The highest BCUT2D eigenvalue weighted by Gasteiger charge is 2.21. The summed E-state index contributed by atoms with van der Waals surface area (Å²) in [5.74, 6) is -0.976. The number of carboxylic acid groups (broad SMARTS) is 1. The summed E-state index contributed by atoms with van der Waals surface area (Å²) in [5, 5.41) is 14.1. The highest BCUT2D eigenvalue weighted by Crippen LogP contribution is 2.22. The lowest BCUT2D eigenvalue weighted by molar-refractivity contribution is -0.133. The number of rotatable bonds is 6. The van der Waals surface area contributed by atoms with Crippen LogP contribution >= 0.6 is 23.2 Å². The molecule has 0 spiro atoms. The molecule has 1 aliphatic heterocycles. The Morgan fingerprint density at radius 2 is 1.89 bits per heavy atom. The molecule has 0 bridgehead atoms. The van der Waals surface area contributed by atoms with Crippen molar-refractivity contribution in [3.8, 4) is 0 Å². The van der Waals surface area contributed by atoms with Gasteiger partial charge in [-0.1, -0.05) is 29.3 Å². The number of halogens is 2. The third-order valence-corrected chi connectivity index (χ3v) is 5.16. The molecule has 9 heteroatoms. The lowest BCUT2D eigenvalue weighted by Gasteiger charge is -2.35. The van der Waals surface area contributed by atoms with Crippen molar-refractivity contribution in [1.29, 1.82) is 0 Å². The Morgan fingerprint density at radius 1 is 1.15 bits per heavy atom. The van der Waals surface area contributed by atoms with Crippen molar-refractivity contribution in [2.45, 2.75) is 19.5 Å². The van der Waals surface area contributed by atoms with Crippen LogP contribution in [0, 0.1) is 0 Å². The highest BCUT2D eigenvalue weighted by molar-refractivity contribution is 6.35. The van der Waals surface area contributed by atoms with Crippen LogP contribution in [0.2, 0.25) is 10.0 Å². The fourth-order valence-electron chi connectivity index (χ4n) is 3.01. The molecule has 1 amide bonds. The molecular formula is C18H20Cl2N4O3. The number of aromatic nitrogens is 2. The zero-order chi connectivity index (χ0) is 19.4. The van der Waals surface area contributed by atoms with Crippen LogP contribution in [0.5, 0.6) is 0 Å². The van der Waals surface area contributed by atoms with Gasteiger partial charge in [-0.25, -0.2) is 4.79 Å². The van der Waals surface area contributed by atoms with Crippen LogP contribution in [0.15, 0.2) is 30.6 Å². The number of carboxylic acids is 1. The summed E-state index contributed by atoms with van der Waals surface area (Å²) < 4.78 is 1.49. The number of hydrogen-bond acceptors (Lipinski definition) is 4. The van der Waals surface area contributed by atoms with Gasteiger partial charge in [0, 0.05) is 61.9 Å². The van der Waals surface area contributed by atoms with Gasteiger partial charge in [0.1, 0.15) is 0 Å². The fourth-order valence-corrected chi connectivity index (χ4v) is 3.48. The van der Waals surface area contributed by atoms with Crippen LogP contribution in [-0.4, -0.2) is 62.7 Å². The Balaban J connectivity index is 1.45. The number of hydrogen-bond donors (Lipinski definition) is 1. The Kier molecular flexibility index (Phi) is 6.36. The van der Waals surface area contributed by atoms with Crippen LogP contribution in [0.1, 0.15) is 22.3 Å². The van der Waals surface area contributed by atoms with Crippen LogP contribution in [0.3, 0.4) is 0 Å². The molecule has 1 N–H and O–H groups in total. The molecule has 0 saturated carbocycles. The van der Waals surface area contributed by atoms with Gasteiger partial charge in [-0.05, 0) is 17.7 Å². The van der Waals surface area contributed by atoms with Gasteiger partial charge in [-0.3, -0.25) is 14.4 Å². The summed E-state index contributed by atoms with van der Waals surface area (Å²) in [5.41, 5.74) is 1.14. The topological polar surface area (TPSA) is 78.7 Å². The Labute approximate surface area is 167 Å². The predicted octanol–water partition coefficient (Wildman–Crippen LogP) is 2.62. The van der Waals surface area contributed by atoms with E-state index in [0.717, 1.165) is 25.2 Å². The van der Waals surface area contributed by atoms with Crippen molar-refractivity contribution in [3.63, 3.8) is 0 Å². The number of nitrogens with zero attached hydrogens (tertiary/aromatic N) is 4. The maximum absolute atomic E-state index is 12.4. The van der Waals surface area contributed by atoms with E-state index in [0.29, 0.717) is 36.1 Å². The molecule has 0 aliphatic carbocycles. The van der Waals surface area contributed by atoms with E-state index in [1.54, 1.807) is 6.07 Å². The lowest BCUT2D eigenvalue weighted by atomic mass is 10.2. The average molecular weight is 411 g/mol. The number of aryl methyl sites for hydroxylation is 1. The fraction of sp³-hybridized carbons (Fsp3) is 0.389. The van der Waals surface area contributed by atoms with E-state index in [-0.39, 0.29) is 11.5 Å². The number of benzene rings is 1. The predicted molar refractivity (Wildman–Crippen MR) is 102 cm³/mol. The summed E-state index contributed by atoms with van der Waals surface area (Å²) in [6.07, 6.45) is 3.01. The minimum atomic E-state index is -1.02. The second kappa shape index (κ2) is 8.73. The average Bonchev–Trinajstić information content (AvgIpc) is 3.12. The first-order chi connectivity index (χ1) is 12.9. The summed E-state index contributed by atoms with van der Waals surface area (Å²) in [6, 6.07) is 5.49. The molecule has 1 saturated heterocycles. The van der Waals surface area contributed by atoms with Crippen LogP contribution in [-0.2, 0) is 17.9 Å². The molecule has 144 valence electrons. The van der Waals surface area contributed by atoms with Gasteiger partial charge in [0.2, 0.25) is 5.91 Å². The van der Waals surface area contributed by atoms with Crippen molar-refractivity contribution < 1.29 is 14.7 Å². The SMILES string of the molecule is O=C(O)c1cnn(CCC(=O)N2CCN(Cc3ccc(Cl)cc3Cl)CC2)c1. The van der Waals surface area contributed by atoms with E-state index >= 15 is 0 Å². The van der Waals surface area contributed by atoms with Crippen molar-refractivity contribution in [3.05, 3.63) is 51.8 Å². The van der Waals surface area contributed by atoms with Crippen molar-refractivity contribution >= 4 is 35.1 Å². The molecular weight excluding hydrogens is 391 g/mol. The number of amides is 1. The Hall–Kier alpha value is -2.09. The molecule has 3 rings (SSSR count). The van der Waals surface area contributed by atoms with Crippen molar-refractivity contribution in [2.24, 2.45) is 0 Å². The molecule has 2 aromatic rings. The number of piperazine rings is 1. The first-order valence-corrected chi connectivity index (χ1v) is 9.38. The minimum Gasteiger partial charge on any atom is -0.478 e. The molecule has 27 heavy (non-hydrogen) atoms. The van der Waals surface area contributed by atoms with Crippen LogP contribution in [0.25, 0.3) is 0 Å². The summed E-state index contributed by atoms with van der Waals surface area (Å²) in [6.45, 7) is 3.95. The zero-order valence-corrected chi connectivity index (χ0v) is 16.2. The number of carbonyl (C=O) groups excluding carboxylic acids is 1. The van der Waals surface area contributed by atoms with E-state index in [4.69, 9.17) is 28.3 Å². The highest BCUT2D eigenvalue weighted by atomic mass is 35.5. The maximum atomic E-state index is 12.4. The smallest absolute Gasteiger partial charge is 0.338 e. The molecule has 0 atom stereocenters. The van der Waals surface area contributed by atoms with Gasteiger partial charge in [-0.15, -0.1) is 0 Å². The van der Waals surface area contributed by atoms with Crippen LogP contribution in [0.4, 0.5) is 0 Å². The lowest BCUT2D eigenvalue weighted by Crippen LogP contribution is -2.48. The largest absolute Gasteiger partial charge is 0.478 e. The third kappa shape index (κ3) is 5.22. The number of carbonyl (C=O) groups is 2. The molecule has 1 aromatic heterocycles. The monoisotopic (exact) mass is 410 g/mol. The van der Waals surface area contributed by atoms with E-state index in [1.807, 2.05) is 17.0 Å². The van der Waals surface area contributed by atoms with E-state index in [1.165, 1.54) is 17.1 Å². The van der Waals surface area contributed by atoms with Gasteiger partial charge in [0.15, 0.2) is 0 Å². The molecule has 0 radical (unpaired) electrons. The van der Waals surface area contributed by atoms with Gasteiger partial charge >= 0.3 is 5.97 Å². The van der Waals surface area contributed by atoms with E-state index in [9.17, 15) is 9.59 Å². The summed E-state index contributed by atoms with van der Waals surface area (Å²) in [7, 11) is 0. The third-order valence-electron chi connectivity index (χ3n) is 4.57. The second-order valence-electron chi connectivity index (χ2n) is 6.44. The summed E-state index contributed by atoms with van der Waals surface area (Å²) in [4.78, 5) is 27.3. The maximum Gasteiger partial charge on any atom is 0.338 e. The van der Waals surface area contributed by atoms with E-state index in [2.05, 4.69) is 10.00 Å². The Bertz CT molecular complexity index is 832. The van der Waals surface area contributed by atoms with Gasteiger partial charge in [0.25, 0.3) is 0 Å². The molecule has 2 heterocycles. The minimum absolute atomic E-state index is 0.0477. The molecule has 1 aliphatic rings. The normalized spacial score (nSPS) is 15.1. The van der Waals surface area contributed by atoms with Crippen LogP contribution < -0.4 is 0 Å². The molecule has 1 fully saturated rings. The van der Waals surface area contributed by atoms with Crippen molar-refractivity contribution in [1.82, 2.24) is 19.6 Å². The zero-order valence-electron chi connectivity index (χ0n) is 14.6. The first kappa shape index (κ1) is 19.7. The standard InChI is InChI=1S/C18H20Cl2N4O3/c19-15-2-1-13(16(20)9-15)11-22-5-7-23(8-6-22)17(25)3-4-24-12-14(10-21-24)18(26)27/h1-2,9-10,12H,3-8,11H2,(H,26,27). The van der Waals surface area contributed by atoms with Crippen molar-refractivity contribution in [2.75, 3.05) is 26.2 Å². The first-order valence-electron chi connectivity index (χ1n) is 8.62. The Morgan fingerprint density at radius 3 is 2.52 bits per heavy atom. The molecule has 7 nitrogen and oxygen atoms in total. The van der Waals surface area contributed by atoms with Gasteiger partial charge in [-0.2, -0.15) is 5.10 Å². The quantitative estimate of drug-likeness (QED) is 0.791. The van der Waals surface area contributed by atoms with E-state index < -0.39 is 5.97 Å². The second-order valence-corrected chi connectivity index (χ2v) is 7.28. The van der Waals surface area contributed by atoms with Gasteiger partial charge in [0.05, 0.1) is 11.8 Å². The molecule has 0 unspecified atom stereocenters. The number of aromatic carboxylic acids is 1. The summed E-state index contributed by atoms with van der Waals surface area (Å²) >= 11 is 12.2. The van der Waals surface area contributed by atoms with Gasteiger partial charge < -0.3 is 10.0 Å².